The molecule has 3 N–H and O–H groups in total. The van der Waals surface area contributed by atoms with Gasteiger partial charge in [-0.25, -0.2) is 0 Å². The predicted octanol–water partition coefficient (Wildman–Crippen LogP) is 9.89. The van der Waals surface area contributed by atoms with Crippen LogP contribution in [-0.4, -0.2) is 40.9 Å². The van der Waals surface area contributed by atoms with Crippen LogP contribution in [0.2, 0.25) is 0 Å². The molecule has 0 radical (unpaired) electrons. The fraction of sp³-hybridized carbons (Fsp3) is 0.931. The molecule has 0 saturated heterocycles. The Bertz CT molecular complexity index is 588. The van der Waals surface area contributed by atoms with Crippen LogP contribution in [0.5, 0.6) is 0 Å². The molecule has 0 aromatic heterocycles. The summed E-state index contributed by atoms with van der Waals surface area (Å²) in [6.45, 7) is 6.53. The lowest BCUT2D eigenvalue weighted by Gasteiger charge is -2.01. The first-order chi connectivity index (χ1) is 17.6. The minimum absolute atomic E-state index is 0. The van der Waals surface area contributed by atoms with E-state index in [0.29, 0.717) is 19.3 Å². The maximum absolute atomic E-state index is 10.4. The first kappa shape index (κ1) is 48.2. The Balaban J connectivity index is -0.000000150. The van der Waals surface area contributed by atoms with Gasteiger partial charge in [0.1, 0.15) is 0 Å². The van der Waals surface area contributed by atoms with Crippen molar-refractivity contribution in [2.75, 3.05) is 5.75 Å². The summed E-state index contributed by atoms with van der Waals surface area (Å²) in [6.07, 6.45) is 24.9. The highest BCUT2D eigenvalue weighted by Crippen LogP contribution is 2.11. The molecule has 240 valence electrons. The molecular weight excluding hydrogens is 563 g/mol. The SMILES string of the molecule is CCCCCCC(=O)O.CCCCCCCCCC(=O)O.CCCCCCCCCCCCS(=O)(=O)O.Cl.Cl. The smallest absolute Gasteiger partial charge is 0.303 e. The fourth-order valence-corrected chi connectivity index (χ4v) is 4.28. The standard InChI is InChI=1S/C12H26O3S.C10H20O2.C7H14O2.2ClH/c1-2-3-4-5-6-7-8-9-10-11-12-16(13,14)15;1-2-3-4-5-6-7-8-9-10(11)12;1-2-3-4-5-6-7(8)9;;/h2-12H2,1H3,(H,13,14,15);2-9H2,1H3,(H,11,12);2-6H2,1H3,(H,8,9);2*1H. The summed E-state index contributed by atoms with van der Waals surface area (Å²) >= 11 is 0. The van der Waals surface area contributed by atoms with Crippen molar-refractivity contribution in [2.45, 2.75) is 168 Å². The Morgan fingerprint density at radius 3 is 0.949 bits per heavy atom. The highest BCUT2D eigenvalue weighted by molar-refractivity contribution is 7.85. The van der Waals surface area contributed by atoms with Gasteiger partial charge in [0, 0.05) is 12.8 Å². The zero-order valence-electron chi connectivity index (χ0n) is 25.2. The molecule has 39 heavy (non-hydrogen) atoms. The second-order valence-electron chi connectivity index (χ2n) is 9.94. The number of aliphatic carboxylic acids is 2. The summed E-state index contributed by atoms with van der Waals surface area (Å²) in [6, 6.07) is 0. The molecule has 0 atom stereocenters. The van der Waals surface area contributed by atoms with E-state index in [2.05, 4.69) is 20.8 Å². The lowest BCUT2D eigenvalue weighted by molar-refractivity contribution is -0.138. The second kappa shape index (κ2) is 39.6. The van der Waals surface area contributed by atoms with Crippen LogP contribution in [0.1, 0.15) is 168 Å². The van der Waals surface area contributed by atoms with E-state index in [1.807, 2.05) is 0 Å². The molecule has 0 amide bonds. The number of carboxylic acid groups (broad SMARTS) is 2. The molecule has 0 unspecified atom stereocenters. The van der Waals surface area contributed by atoms with E-state index in [0.717, 1.165) is 44.9 Å². The van der Waals surface area contributed by atoms with Crippen LogP contribution in [0, 0.1) is 0 Å². The molecule has 0 fully saturated rings. The van der Waals surface area contributed by atoms with Crippen LogP contribution in [0.25, 0.3) is 0 Å². The lowest BCUT2D eigenvalue weighted by Crippen LogP contribution is -2.03. The van der Waals surface area contributed by atoms with Gasteiger partial charge < -0.3 is 10.2 Å². The molecule has 0 rings (SSSR count). The molecule has 0 bridgehead atoms. The van der Waals surface area contributed by atoms with Crippen molar-refractivity contribution in [1.29, 1.82) is 0 Å². The van der Waals surface area contributed by atoms with Crippen LogP contribution < -0.4 is 0 Å². The maximum atomic E-state index is 10.4. The van der Waals surface area contributed by atoms with Gasteiger partial charge in [-0.2, -0.15) is 8.42 Å². The van der Waals surface area contributed by atoms with Gasteiger partial charge in [-0.15, -0.1) is 24.8 Å². The Kier molecular flexibility index (Phi) is 48.9. The number of halogens is 2. The van der Waals surface area contributed by atoms with E-state index < -0.39 is 22.1 Å². The highest BCUT2D eigenvalue weighted by atomic mass is 35.5. The number of rotatable bonds is 24. The van der Waals surface area contributed by atoms with Crippen molar-refractivity contribution in [3.05, 3.63) is 0 Å². The summed E-state index contributed by atoms with van der Waals surface area (Å²) < 4.78 is 29.4. The molecule has 0 aromatic carbocycles. The Hall–Kier alpha value is -0.570. The molecule has 0 aliphatic rings. The lowest BCUT2D eigenvalue weighted by atomic mass is 10.1. The van der Waals surface area contributed by atoms with Crippen molar-refractivity contribution in [3.8, 4) is 0 Å². The third-order valence-electron chi connectivity index (χ3n) is 5.99. The van der Waals surface area contributed by atoms with E-state index >= 15 is 0 Å². The zero-order chi connectivity index (χ0) is 28.6. The zero-order valence-corrected chi connectivity index (χ0v) is 27.6. The number of hydrogen-bond acceptors (Lipinski definition) is 4. The quantitative estimate of drug-likeness (QED) is 0.0719. The van der Waals surface area contributed by atoms with Crippen LogP contribution in [0.4, 0.5) is 0 Å². The molecule has 0 aromatic rings. The van der Waals surface area contributed by atoms with Crippen LogP contribution >= 0.6 is 24.8 Å². The molecule has 10 heteroatoms. The average Bonchev–Trinajstić information content (AvgIpc) is 2.82. The number of hydrogen-bond donors (Lipinski definition) is 3. The molecule has 7 nitrogen and oxygen atoms in total. The molecule has 0 spiro atoms. The number of carbonyl (C=O) groups is 2. The number of carboxylic acids is 2. The summed E-state index contributed by atoms with van der Waals surface area (Å²) in [4.78, 5) is 20.1. The van der Waals surface area contributed by atoms with Crippen molar-refractivity contribution >= 4 is 46.9 Å². The minimum Gasteiger partial charge on any atom is -0.481 e. The topological polar surface area (TPSA) is 129 Å². The van der Waals surface area contributed by atoms with Gasteiger partial charge in [-0.1, -0.05) is 136 Å². The Labute approximate surface area is 253 Å². The maximum Gasteiger partial charge on any atom is 0.303 e. The average molecular weight is 626 g/mol. The van der Waals surface area contributed by atoms with Gasteiger partial charge in [0.25, 0.3) is 10.1 Å². The first-order valence-electron chi connectivity index (χ1n) is 15.0. The van der Waals surface area contributed by atoms with E-state index in [4.69, 9.17) is 14.8 Å². The van der Waals surface area contributed by atoms with E-state index in [9.17, 15) is 18.0 Å². The molecule has 0 aliphatic carbocycles. The summed E-state index contributed by atoms with van der Waals surface area (Å²) in [5.41, 5.74) is 0. The van der Waals surface area contributed by atoms with E-state index in [-0.39, 0.29) is 30.6 Å². The predicted molar refractivity (Wildman–Crippen MR) is 169 cm³/mol. The number of unbranched alkanes of at least 4 members (excludes halogenated alkanes) is 18. The van der Waals surface area contributed by atoms with Crippen LogP contribution in [-0.2, 0) is 19.7 Å². The van der Waals surface area contributed by atoms with E-state index in [1.165, 1.54) is 83.5 Å². The van der Waals surface area contributed by atoms with Gasteiger partial charge in [0.05, 0.1) is 5.75 Å². The minimum atomic E-state index is -3.73. The van der Waals surface area contributed by atoms with Crippen molar-refractivity contribution in [3.63, 3.8) is 0 Å². The fourth-order valence-electron chi connectivity index (χ4n) is 3.71. The molecule has 0 heterocycles. The molecule has 0 aliphatic heterocycles. The van der Waals surface area contributed by atoms with Crippen LogP contribution in [0.3, 0.4) is 0 Å². The van der Waals surface area contributed by atoms with Crippen molar-refractivity contribution < 1.29 is 32.8 Å². The summed E-state index contributed by atoms with van der Waals surface area (Å²) in [5, 5.41) is 16.6. The van der Waals surface area contributed by atoms with Gasteiger partial charge in [0.2, 0.25) is 0 Å². The van der Waals surface area contributed by atoms with Crippen LogP contribution in [0.15, 0.2) is 0 Å². The normalized spacial score (nSPS) is 10.2. The van der Waals surface area contributed by atoms with Crippen molar-refractivity contribution in [2.24, 2.45) is 0 Å². The Morgan fingerprint density at radius 1 is 0.462 bits per heavy atom. The van der Waals surface area contributed by atoms with Gasteiger partial charge >= 0.3 is 11.9 Å². The van der Waals surface area contributed by atoms with Gasteiger partial charge in [-0.05, 0) is 19.3 Å². The molecular formula is C29H62Cl2O7S. The first-order valence-corrected chi connectivity index (χ1v) is 16.6. The van der Waals surface area contributed by atoms with Gasteiger partial charge in [-0.3, -0.25) is 14.1 Å². The van der Waals surface area contributed by atoms with Gasteiger partial charge in [0.15, 0.2) is 0 Å². The second-order valence-corrected chi connectivity index (χ2v) is 11.5. The van der Waals surface area contributed by atoms with E-state index in [1.54, 1.807) is 0 Å². The third-order valence-corrected chi connectivity index (χ3v) is 6.80. The molecule has 0 saturated carbocycles. The largest absolute Gasteiger partial charge is 0.481 e. The monoisotopic (exact) mass is 624 g/mol. The van der Waals surface area contributed by atoms with Crippen molar-refractivity contribution in [1.82, 2.24) is 0 Å². The highest BCUT2D eigenvalue weighted by Gasteiger charge is 2.02. The summed E-state index contributed by atoms with van der Waals surface area (Å²) in [7, 11) is -3.73. The third kappa shape index (κ3) is 62.4. The Morgan fingerprint density at radius 2 is 0.692 bits per heavy atom. The summed E-state index contributed by atoms with van der Waals surface area (Å²) in [5.74, 6) is -1.42.